The zero-order chi connectivity index (χ0) is 17.4. The van der Waals surface area contributed by atoms with Gasteiger partial charge in [0.25, 0.3) is 0 Å². The largest absolute Gasteiger partial charge is 0.342 e. The van der Waals surface area contributed by atoms with E-state index in [9.17, 15) is 4.79 Å². The highest BCUT2D eigenvalue weighted by molar-refractivity contribution is 5.76. The normalized spacial score (nSPS) is 22.4. The maximum atomic E-state index is 12.8. The first-order valence-electron chi connectivity index (χ1n) is 9.15. The molecule has 1 unspecified atom stereocenters. The van der Waals surface area contributed by atoms with Crippen LogP contribution in [0.15, 0.2) is 18.5 Å². The lowest BCUT2D eigenvalue weighted by Gasteiger charge is -2.40. The number of hydrogen-bond donors (Lipinski definition) is 0. The Hall–Kier alpha value is -2.24. The molecule has 132 valence electrons. The van der Waals surface area contributed by atoms with Gasteiger partial charge in [-0.25, -0.2) is 9.97 Å². The third kappa shape index (κ3) is 2.94. The summed E-state index contributed by atoms with van der Waals surface area (Å²) in [6.07, 6.45) is 9.37. The van der Waals surface area contributed by atoms with Gasteiger partial charge in [-0.05, 0) is 50.7 Å². The molecule has 2 aromatic rings. The molecule has 2 aromatic heterocycles. The monoisotopic (exact) mass is 339 g/mol. The van der Waals surface area contributed by atoms with E-state index < -0.39 is 0 Å². The molecule has 0 aromatic carbocycles. The molecule has 6 nitrogen and oxygen atoms in total. The average molecular weight is 339 g/mol. The third-order valence-corrected chi connectivity index (χ3v) is 5.81. The van der Waals surface area contributed by atoms with Crippen LogP contribution in [0.5, 0.6) is 0 Å². The maximum absolute atomic E-state index is 12.8. The van der Waals surface area contributed by atoms with Crippen LogP contribution in [0.4, 0.5) is 0 Å². The van der Waals surface area contributed by atoms with Crippen LogP contribution in [0.25, 0.3) is 0 Å². The number of nitrogens with zero attached hydrogens (tertiary/aromatic N) is 5. The van der Waals surface area contributed by atoms with Gasteiger partial charge >= 0.3 is 0 Å². The van der Waals surface area contributed by atoms with E-state index in [1.54, 1.807) is 6.20 Å². The minimum atomic E-state index is 0.0451. The highest BCUT2D eigenvalue weighted by Crippen LogP contribution is 2.43. The molecule has 0 saturated carbocycles. The molecule has 1 atom stereocenters. The first-order valence-corrected chi connectivity index (χ1v) is 9.15. The summed E-state index contributed by atoms with van der Waals surface area (Å²) >= 11 is 0. The van der Waals surface area contributed by atoms with Gasteiger partial charge in [0.15, 0.2) is 0 Å². The van der Waals surface area contributed by atoms with Crippen molar-refractivity contribution in [2.24, 2.45) is 7.05 Å². The summed E-state index contributed by atoms with van der Waals surface area (Å²) in [4.78, 5) is 24.0. The van der Waals surface area contributed by atoms with E-state index in [4.69, 9.17) is 4.98 Å². The Bertz CT molecular complexity index is 795. The summed E-state index contributed by atoms with van der Waals surface area (Å²) in [5, 5.41) is 4.18. The van der Waals surface area contributed by atoms with Crippen molar-refractivity contribution in [1.82, 2.24) is 24.6 Å². The number of fused-ring (bicyclic) bond motifs is 2. The molecule has 1 fully saturated rings. The number of likely N-dealkylation sites (tertiary alicyclic amines) is 1. The van der Waals surface area contributed by atoms with Crippen molar-refractivity contribution < 1.29 is 4.79 Å². The Morgan fingerprint density at radius 1 is 1.36 bits per heavy atom. The van der Waals surface area contributed by atoms with Crippen LogP contribution in [-0.2, 0) is 30.1 Å². The summed E-state index contributed by atoms with van der Waals surface area (Å²) in [5.41, 5.74) is 3.62. The fourth-order valence-electron chi connectivity index (χ4n) is 4.41. The van der Waals surface area contributed by atoms with E-state index in [0.717, 1.165) is 56.7 Å². The second kappa shape index (κ2) is 6.24. The Kier molecular flexibility index (Phi) is 4.06. The molecule has 1 aliphatic carbocycles. The van der Waals surface area contributed by atoms with Gasteiger partial charge in [-0.3, -0.25) is 9.48 Å². The summed E-state index contributed by atoms with van der Waals surface area (Å²) in [6.45, 7) is 3.62. The highest BCUT2D eigenvalue weighted by atomic mass is 16.2. The van der Waals surface area contributed by atoms with Crippen molar-refractivity contribution >= 4 is 5.91 Å². The molecule has 1 amide bonds. The van der Waals surface area contributed by atoms with Crippen molar-refractivity contribution in [1.29, 1.82) is 0 Å². The summed E-state index contributed by atoms with van der Waals surface area (Å²) in [5.74, 6) is 1.08. The van der Waals surface area contributed by atoms with Crippen LogP contribution in [0.3, 0.4) is 0 Å². The molecule has 6 heteroatoms. The predicted molar refractivity (Wildman–Crippen MR) is 94.1 cm³/mol. The molecule has 4 rings (SSSR count). The van der Waals surface area contributed by atoms with E-state index in [0.29, 0.717) is 6.42 Å². The van der Waals surface area contributed by atoms with Gasteiger partial charge < -0.3 is 4.90 Å². The topological polar surface area (TPSA) is 63.9 Å². The second-order valence-corrected chi connectivity index (χ2v) is 7.44. The third-order valence-electron chi connectivity index (χ3n) is 5.81. The fourth-order valence-corrected chi connectivity index (χ4v) is 4.41. The summed E-state index contributed by atoms with van der Waals surface area (Å²) in [7, 11) is 1.92. The average Bonchev–Trinajstić information content (AvgIpc) is 3.17. The SMILES string of the molecule is Cc1ncc2c(n1)C1(CCCN(C(=O)CCc3ccnn3C)C1)CC2. The standard InChI is InChI=1S/C19H25N5O/c1-14-20-12-15-6-9-19(18(15)22-14)8-3-11-24(13-19)17(25)5-4-16-7-10-21-23(16)2/h7,10,12H,3-6,8-9,11,13H2,1-2H3. The van der Waals surface area contributed by atoms with Crippen LogP contribution in [-0.4, -0.2) is 43.6 Å². The number of carbonyl (C=O) groups is 1. The van der Waals surface area contributed by atoms with Crippen LogP contribution in [0.2, 0.25) is 0 Å². The molecule has 0 bridgehead atoms. The van der Waals surface area contributed by atoms with E-state index in [2.05, 4.69) is 15.0 Å². The number of amides is 1. The van der Waals surface area contributed by atoms with Gasteiger partial charge in [0.1, 0.15) is 5.82 Å². The lowest BCUT2D eigenvalue weighted by atomic mass is 9.77. The summed E-state index contributed by atoms with van der Waals surface area (Å²) < 4.78 is 1.85. The van der Waals surface area contributed by atoms with E-state index in [1.165, 1.54) is 11.3 Å². The molecule has 1 aliphatic heterocycles. The van der Waals surface area contributed by atoms with E-state index in [-0.39, 0.29) is 11.3 Å². The van der Waals surface area contributed by atoms with Gasteiger partial charge in [-0.2, -0.15) is 5.10 Å². The second-order valence-electron chi connectivity index (χ2n) is 7.44. The Morgan fingerprint density at radius 3 is 3.04 bits per heavy atom. The van der Waals surface area contributed by atoms with Crippen molar-refractivity contribution in [3.63, 3.8) is 0 Å². The van der Waals surface area contributed by atoms with Crippen LogP contribution < -0.4 is 0 Å². The van der Waals surface area contributed by atoms with Crippen LogP contribution in [0.1, 0.15) is 48.5 Å². The molecular weight excluding hydrogens is 314 g/mol. The zero-order valence-electron chi connectivity index (χ0n) is 15.0. The molecule has 2 aliphatic rings. The number of piperidine rings is 1. The van der Waals surface area contributed by atoms with Crippen LogP contribution >= 0.6 is 0 Å². The number of aromatic nitrogens is 4. The maximum Gasteiger partial charge on any atom is 0.222 e. The molecule has 25 heavy (non-hydrogen) atoms. The van der Waals surface area contributed by atoms with Gasteiger partial charge in [-0.15, -0.1) is 0 Å². The lowest BCUT2D eigenvalue weighted by Crippen LogP contribution is -2.48. The van der Waals surface area contributed by atoms with Gasteiger partial charge in [-0.1, -0.05) is 0 Å². The van der Waals surface area contributed by atoms with Gasteiger partial charge in [0.2, 0.25) is 5.91 Å². The first-order chi connectivity index (χ1) is 12.1. The van der Waals surface area contributed by atoms with Crippen LogP contribution in [0, 0.1) is 6.92 Å². The van der Waals surface area contributed by atoms with Crippen molar-refractivity contribution in [2.45, 2.75) is 50.9 Å². The van der Waals surface area contributed by atoms with Gasteiger partial charge in [0, 0.05) is 50.1 Å². The van der Waals surface area contributed by atoms with Crippen molar-refractivity contribution in [3.05, 3.63) is 41.2 Å². The van der Waals surface area contributed by atoms with E-state index >= 15 is 0 Å². The molecular formula is C19H25N5O. The minimum Gasteiger partial charge on any atom is -0.342 e. The zero-order valence-corrected chi connectivity index (χ0v) is 15.0. The quantitative estimate of drug-likeness (QED) is 0.857. The number of carbonyl (C=O) groups excluding carboxylic acids is 1. The Balaban J connectivity index is 1.48. The molecule has 1 spiro atoms. The predicted octanol–water partition coefficient (Wildman–Crippen LogP) is 1.96. The Labute approximate surface area is 148 Å². The molecule has 1 saturated heterocycles. The molecule has 3 heterocycles. The van der Waals surface area contributed by atoms with E-state index in [1.807, 2.05) is 30.9 Å². The number of hydrogen-bond acceptors (Lipinski definition) is 4. The minimum absolute atomic E-state index is 0.0451. The first kappa shape index (κ1) is 16.2. The van der Waals surface area contributed by atoms with Gasteiger partial charge in [0.05, 0.1) is 5.69 Å². The fraction of sp³-hybridized carbons (Fsp3) is 0.579. The summed E-state index contributed by atoms with van der Waals surface area (Å²) in [6, 6.07) is 1.98. The molecule has 0 N–H and O–H groups in total. The Morgan fingerprint density at radius 2 is 2.24 bits per heavy atom. The highest BCUT2D eigenvalue weighted by Gasteiger charge is 2.44. The lowest BCUT2D eigenvalue weighted by molar-refractivity contribution is -0.133. The van der Waals surface area contributed by atoms with Crippen molar-refractivity contribution in [2.75, 3.05) is 13.1 Å². The number of rotatable bonds is 3. The number of aryl methyl sites for hydroxylation is 4. The molecule has 0 radical (unpaired) electrons. The van der Waals surface area contributed by atoms with Crippen molar-refractivity contribution in [3.8, 4) is 0 Å². The smallest absolute Gasteiger partial charge is 0.222 e.